The van der Waals surface area contributed by atoms with Gasteiger partial charge in [0.25, 0.3) is 0 Å². The van der Waals surface area contributed by atoms with Crippen molar-refractivity contribution < 1.29 is 0 Å². The molecule has 1 aliphatic rings. The Morgan fingerprint density at radius 3 is 2.94 bits per heavy atom. The van der Waals surface area contributed by atoms with Crippen LogP contribution in [0.1, 0.15) is 44.6 Å². The van der Waals surface area contributed by atoms with Crippen LogP contribution < -0.4 is 11.1 Å². The lowest BCUT2D eigenvalue weighted by Crippen LogP contribution is -2.41. The number of hydrogen-bond donors (Lipinski definition) is 2. The fraction of sp³-hybridized carbons (Fsp3) is 0.692. The molecule has 0 aromatic carbocycles. The highest BCUT2D eigenvalue weighted by Crippen LogP contribution is 2.17. The summed E-state index contributed by atoms with van der Waals surface area (Å²) in [6.45, 7) is 3.56. The summed E-state index contributed by atoms with van der Waals surface area (Å²) in [5.41, 5.74) is 7.01. The van der Waals surface area contributed by atoms with Crippen LogP contribution in [-0.4, -0.2) is 21.8 Å². The molecule has 2 rings (SSSR count). The monoisotopic (exact) mass is 249 g/mol. The zero-order valence-corrected chi connectivity index (χ0v) is 11.1. The van der Waals surface area contributed by atoms with Gasteiger partial charge in [0.05, 0.1) is 12.7 Å². The molecule has 0 aliphatic heterocycles. The molecule has 1 fully saturated rings. The molecule has 1 saturated carbocycles. The van der Waals surface area contributed by atoms with Gasteiger partial charge in [0.2, 0.25) is 0 Å². The number of rotatable bonds is 4. The number of nitrogens with zero attached hydrogens (tertiary/aromatic N) is 3. The van der Waals surface area contributed by atoms with Crippen molar-refractivity contribution in [2.24, 2.45) is 10.7 Å². The van der Waals surface area contributed by atoms with Crippen LogP contribution in [0.15, 0.2) is 17.4 Å². The average molecular weight is 249 g/mol. The van der Waals surface area contributed by atoms with Crippen molar-refractivity contribution >= 4 is 5.96 Å². The summed E-state index contributed by atoms with van der Waals surface area (Å²) in [7, 11) is 0. The Labute approximate surface area is 108 Å². The van der Waals surface area contributed by atoms with Crippen LogP contribution in [0, 0.1) is 0 Å². The van der Waals surface area contributed by atoms with Crippen LogP contribution in [0.2, 0.25) is 0 Å². The Morgan fingerprint density at radius 2 is 2.28 bits per heavy atom. The zero-order valence-electron chi connectivity index (χ0n) is 11.1. The first-order chi connectivity index (χ1) is 8.78. The second-order valence-corrected chi connectivity index (χ2v) is 4.89. The fourth-order valence-corrected chi connectivity index (χ4v) is 2.34. The van der Waals surface area contributed by atoms with E-state index in [4.69, 9.17) is 5.73 Å². The molecule has 100 valence electrons. The molecule has 18 heavy (non-hydrogen) atoms. The lowest BCUT2D eigenvalue weighted by Gasteiger charge is -2.23. The topological polar surface area (TPSA) is 68.2 Å². The van der Waals surface area contributed by atoms with E-state index in [1.807, 2.05) is 17.1 Å². The molecular formula is C13H23N5. The number of aromatic nitrogens is 2. The quantitative estimate of drug-likeness (QED) is 0.629. The minimum atomic E-state index is 0.515. The molecule has 0 saturated heterocycles. The SMILES string of the molecule is CCn1cc(CN=C(N)NC2CCCCC2)cn1. The summed E-state index contributed by atoms with van der Waals surface area (Å²) in [6, 6.07) is 0.515. The molecule has 5 nitrogen and oxygen atoms in total. The first-order valence-electron chi connectivity index (χ1n) is 6.85. The van der Waals surface area contributed by atoms with E-state index >= 15 is 0 Å². The van der Waals surface area contributed by atoms with Gasteiger partial charge in [0, 0.05) is 24.3 Å². The maximum atomic E-state index is 5.90. The number of hydrogen-bond acceptors (Lipinski definition) is 2. The minimum Gasteiger partial charge on any atom is -0.370 e. The first kappa shape index (κ1) is 12.9. The van der Waals surface area contributed by atoms with Crippen LogP contribution in [0.4, 0.5) is 0 Å². The van der Waals surface area contributed by atoms with Gasteiger partial charge in [0.1, 0.15) is 0 Å². The molecule has 0 radical (unpaired) electrons. The van der Waals surface area contributed by atoms with Crippen LogP contribution in [0.5, 0.6) is 0 Å². The third-order valence-electron chi connectivity index (χ3n) is 3.40. The number of guanidine groups is 1. The molecule has 5 heteroatoms. The van der Waals surface area contributed by atoms with Gasteiger partial charge in [-0.25, -0.2) is 4.99 Å². The van der Waals surface area contributed by atoms with Crippen LogP contribution in [-0.2, 0) is 13.1 Å². The van der Waals surface area contributed by atoms with Gasteiger partial charge in [-0.2, -0.15) is 5.10 Å². The molecule has 0 bridgehead atoms. The molecule has 0 atom stereocenters. The number of aryl methyl sites for hydroxylation is 1. The van der Waals surface area contributed by atoms with E-state index in [2.05, 4.69) is 22.3 Å². The van der Waals surface area contributed by atoms with Gasteiger partial charge < -0.3 is 11.1 Å². The highest BCUT2D eigenvalue weighted by molar-refractivity contribution is 5.78. The second kappa shape index (κ2) is 6.42. The van der Waals surface area contributed by atoms with Crippen molar-refractivity contribution in [3.63, 3.8) is 0 Å². The molecule has 0 spiro atoms. The van der Waals surface area contributed by atoms with E-state index in [0.29, 0.717) is 18.5 Å². The third-order valence-corrected chi connectivity index (χ3v) is 3.40. The van der Waals surface area contributed by atoms with Crippen LogP contribution in [0.25, 0.3) is 0 Å². The Bertz CT molecular complexity index is 390. The van der Waals surface area contributed by atoms with Crippen molar-refractivity contribution in [1.82, 2.24) is 15.1 Å². The smallest absolute Gasteiger partial charge is 0.189 e. The van der Waals surface area contributed by atoms with Gasteiger partial charge >= 0.3 is 0 Å². The molecular weight excluding hydrogens is 226 g/mol. The van der Waals surface area contributed by atoms with Crippen molar-refractivity contribution in [1.29, 1.82) is 0 Å². The van der Waals surface area contributed by atoms with E-state index in [9.17, 15) is 0 Å². The van der Waals surface area contributed by atoms with E-state index < -0.39 is 0 Å². The molecule has 3 N–H and O–H groups in total. The summed E-state index contributed by atoms with van der Waals surface area (Å²) in [4.78, 5) is 4.37. The largest absolute Gasteiger partial charge is 0.370 e. The van der Waals surface area contributed by atoms with Crippen LogP contribution in [0.3, 0.4) is 0 Å². The molecule has 1 aromatic rings. The van der Waals surface area contributed by atoms with Crippen molar-refractivity contribution in [3.8, 4) is 0 Å². The molecule has 1 heterocycles. The maximum Gasteiger partial charge on any atom is 0.189 e. The third kappa shape index (κ3) is 3.75. The minimum absolute atomic E-state index is 0.515. The number of nitrogens with one attached hydrogen (secondary N) is 1. The Morgan fingerprint density at radius 1 is 1.50 bits per heavy atom. The molecule has 0 unspecified atom stereocenters. The van der Waals surface area contributed by atoms with E-state index in [-0.39, 0.29) is 0 Å². The van der Waals surface area contributed by atoms with Gasteiger partial charge in [-0.15, -0.1) is 0 Å². The Kier molecular flexibility index (Phi) is 4.61. The highest BCUT2D eigenvalue weighted by Gasteiger charge is 2.13. The van der Waals surface area contributed by atoms with Crippen LogP contribution >= 0.6 is 0 Å². The molecule has 1 aliphatic carbocycles. The standard InChI is InChI=1S/C13H23N5/c1-2-18-10-11(9-16-18)8-15-13(14)17-12-6-4-3-5-7-12/h9-10,12H,2-8H2,1H3,(H3,14,15,17). The van der Waals surface area contributed by atoms with Crippen molar-refractivity contribution in [3.05, 3.63) is 18.0 Å². The fourth-order valence-electron chi connectivity index (χ4n) is 2.34. The van der Waals surface area contributed by atoms with Crippen molar-refractivity contribution in [2.75, 3.05) is 0 Å². The summed E-state index contributed by atoms with van der Waals surface area (Å²) in [6.07, 6.45) is 10.2. The van der Waals surface area contributed by atoms with E-state index in [1.54, 1.807) is 0 Å². The predicted octanol–water partition coefficient (Wildman–Crippen LogP) is 1.64. The average Bonchev–Trinajstić information content (AvgIpc) is 2.85. The summed E-state index contributed by atoms with van der Waals surface area (Å²) in [5, 5.41) is 7.52. The number of aliphatic imine (C=N–C) groups is 1. The molecule has 1 aromatic heterocycles. The lowest BCUT2D eigenvalue weighted by molar-refractivity contribution is 0.412. The Hall–Kier alpha value is -1.52. The van der Waals surface area contributed by atoms with E-state index in [0.717, 1.165) is 12.1 Å². The zero-order chi connectivity index (χ0) is 12.8. The molecule has 0 amide bonds. The summed E-state index contributed by atoms with van der Waals surface area (Å²) in [5.74, 6) is 0.561. The van der Waals surface area contributed by atoms with Gasteiger partial charge in [-0.3, -0.25) is 4.68 Å². The maximum absolute atomic E-state index is 5.90. The lowest BCUT2D eigenvalue weighted by atomic mass is 9.96. The van der Waals surface area contributed by atoms with Crippen molar-refractivity contribution in [2.45, 2.75) is 58.2 Å². The summed E-state index contributed by atoms with van der Waals surface area (Å²) < 4.78 is 1.90. The highest BCUT2D eigenvalue weighted by atomic mass is 15.3. The second-order valence-electron chi connectivity index (χ2n) is 4.89. The first-order valence-corrected chi connectivity index (χ1v) is 6.85. The van der Waals surface area contributed by atoms with E-state index in [1.165, 1.54) is 32.1 Å². The predicted molar refractivity (Wildman–Crippen MR) is 73.2 cm³/mol. The Balaban J connectivity index is 1.80. The van der Waals surface area contributed by atoms with Gasteiger partial charge in [0.15, 0.2) is 5.96 Å². The summed E-state index contributed by atoms with van der Waals surface area (Å²) >= 11 is 0. The normalized spacial score (nSPS) is 17.9. The number of nitrogens with two attached hydrogens (primary N) is 1. The van der Waals surface area contributed by atoms with Gasteiger partial charge in [-0.05, 0) is 19.8 Å². The van der Waals surface area contributed by atoms with Gasteiger partial charge in [-0.1, -0.05) is 19.3 Å².